The number of benzene rings is 1. The van der Waals surface area contributed by atoms with Gasteiger partial charge in [0.05, 0.1) is 23.2 Å². The molecule has 0 spiro atoms. The zero-order chi connectivity index (χ0) is 14.0. The maximum absolute atomic E-state index is 10.1. The molecular weight excluding hydrogens is 240 g/mol. The molecule has 0 aliphatic rings. The molecule has 4 N–H and O–H groups in total. The van der Waals surface area contributed by atoms with Crippen LogP contribution >= 0.6 is 0 Å². The number of hydrogen-bond donors (Lipinski definition) is 3. The largest absolute Gasteiger partial charge is 0.399 e. The summed E-state index contributed by atoms with van der Waals surface area (Å²) in [6, 6.07) is 7.26. The van der Waals surface area contributed by atoms with E-state index in [-0.39, 0.29) is 0 Å². The lowest BCUT2D eigenvalue weighted by Gasteiger charge is -2.13. The summed E-state index contributed by atoms with van der Waals surface area (Å²) in [6.45, 7) is 4.39. The smallest absolute Gasteiger partial charge is 0.0962 e. The van der Waals surface area contributed by atoms with Gasteiger partial charge in [0, 0.05) is 19.3 Å². The van der Waals surface area contributed by atoms with Gasteiger partial charge in [0.15, 0.2) is 0 Å². The Bertz CT molecular complexity index is 560. The molecule has 0 amide bonds. The molecule has 2 rings (SSSR count). The Kier molecular flexibility index (Phi) is 3.76. The number of aliphatic hydroxyl groups excluding tert-OH is 1. The first kappa shape index (κ1) is 13.4. The lowest BCUT2D eigenvalue weighted by atomic mass is 10.1. The van der Waals surface area contributed by atoms with Crippen molar-refractivity contribution in [3.05, 3.63) is 41.2 Å². The normalized spacial score (nSPS) is 12.4. The number of rotatable bonds is 4. The maximum Gasteiger partial charge on any atom is 0.0962 e. The lowest BCUT2D eigenvalue weighted by Crippen LogP contribution is -2.13. The highest BCUT2D eigenvalue weighted by Gasteiger charge is 2.12. The first-order chi connectivity index (χ1) is 8.99. The molecule has 0 aliphatic heterocycles. The topological polar surface area (TPSA) is 76.1 Å². The van der Waals surface area contributed by atoms with E-state index < -0.39 is 6.10 Å². The molecule has 1 unspecified atom stereocenters. The minimum atomic E-state index is -0.570. The molecule has 102 valence electrons. The van der Waals surface area contributed by atoms with E-state index in [0.717, 1.165) is 22.6 Å². The van der Waals surface area contributed by atoms with Crippen molar-refractivity contribution >= 4 is 11.4 Å². The lowest BCUT2D eigenvalue weighted by molar-refractivity contribution is 0.191. The SMILES string of the molecule is Cc1nn(C)c(C)c1NCC(O)c1ccc(N)cc1. The highest BCUT2D eigenvalue weighted by molar-refractivity contribution is 5.52. The number of nitrogens with two attached hydrogens (primary N) is 1. The molecule has 5 heteroatoms. The molecule has 2 aromatic rings. The number of aliphatic hydroxyl groups is 1. The van der Waals surface area contributed by atoms with Crippen molar-refractivity contribution in [2.75, 3.05) is 17.6 Å². The van der Waals surface area contributed by atoms with Gasteiger partial charge in [-0.3, -0.25) is 4.68 Å². The van der Waals surface area contributed by atoms with Gasteiger partial charge in [-0.2, -0.15) is 5.10 Å². The highest BCUT2D eigenvalue weighted by Crippen LogP contribution is 2.21. The number of nitrogen functional groups attached to an aromatic ring is 1. The molecule has 1 heterocycles. The molecule has 1 aromatic carbocycles. The van der Waals surface area contributed by atoms with Gasteiger partial charge in [0.1, 0.15) is 0 Å². The Labute approximate surface area is 113 Å². The Balaban J connectivity index is 2.04. The number of nitrogens with zero attached hydrogens (tertiary/aromatic N) is 2. The van der Waals surface area contributed by atoms with E-state index in [2.05, 4.69) is 10.4 Å². The van der Waals surface area contributed by atoms with Crippen LogP contribution in [0.25, 0.3) is 0 Å². The van der Waals surface area contributed by atoms with E-state index in [1.54, 1.807) is 12.1 Å². The summed E-state index contributed by atoms with van der Waals surface area (Å²) in [5.74, 6) is 0. The molecule has 0 saturated heterocycles. The molecule has 0 fully saturated rings. The monoisotopic (exact) mass is 260 g/mol. The van der Waals surface area contributed by atoms with E-state index in [9.17, 15) is 5.11 Å². The summed E-state index contributed by atoms with van der Waals surface area (Å²) in [5, 5.41) is 17.7. The zero-order valence-electron chi connectivity index (χ0n) is 11.5. The fourth-order valence-corrected chi connectivity index (χ4v) is 2.06. The number of aryl methyl sites for hydroxylation is 2. The van der Waals surface area contributed by atoms with Crippen LogP contribution in [0.4, 0.5) is 11.4 Å². The fourth-order valence-electron chi connectivity index (χ4n) is 2.06. The summed E-state index contributed by atoms with van der Waals surface area (Å²) < 4.78 is 1.83. The summed E-state index contributed by atoms with van der Waals surface area (Å²) in [7, 11) is 1.91. The molecule has 0 radical (unpaired) electrons. The second-order valence-corrected chi connectivity index (χ2v) is 4.73. The molecule has 1 atom stereocenters. The summed E-state index contributed by atoms with van der Waals surface area (Å²) >= 11 is 0. The standard InChI is InChI=1S/C14H20N4O/c1-9-14(10(2)18(3)17-9)16-8-13(19)11-4-6-12(15)7-5-11/h4-7,13,16,19H,8,15H2,1-3H3. The van der Waals surface area contributed by atoms with E-state index in [1.807, 2.05) is 37.7 Å². The van der Waals surface area contributed by atoms with Gasteiger partial charge in [-0.1, -0.05) is 12.1 Å². The van der Waals surface area contributed by atoms with Crippen LogP contribution in [0.15, 0.2) is 24.3 Å². The van der Waals surface area contributed by atoms with Crippen molar-refractivity contribution in [2.45, 2.75) is 20.0 Å². The van der Waals surface area contributed by atoms with Crippen LogP contribution in [0.3, 0.4) is 0 Å². The zero-order valence-corrected chi connectivity index (χ0v) is 11.5. The van der Waals surface area contributed by atoms with Crippen LogP contribution in [0.5, 0.6) is 0 Å². The van der Waals surface area contributed by atoms with Crippen LogP contribution in [-0.4, -0.2) is 21.4 Å². The van der Waals surface area contributed by atoms with Crippen molar-refractivity contribution in [1.82, 2.24) is 9.78 Å². The predicted molar refractivity (Wildman–Crippen MR) is 77.0 cm³/mol. The second kappa shape index (κ2) is 5.32. The van der Waals surface area contributed by atoms with Crippen molar-refractivity contribution in [3.8, 4) is 0 Å². The third-order valence-corrected chi connectivity index (χ3v) is 3.30. The molecular formula is C14H20N4O. The first-order valence-electron chi connectivity index (χ1n) is 6.26. The number of aromatic nitrogens is 2. The van der Waals surface area contributed by atoms with Gasteiger partial charge in [0.2, 0.25) is 0 Å². The van der Waals surface area contributed by atoms with Gasteiger partial charge < -0.3 is 16.2 Å². The summed E-state index contributed by atoms with van der Waals surface area (Å²) in [4.78, 5) is 0. The minimum absolute atomic E-state index is 0.442. The van der Waals surface area contributed by atoms with Crippen LogP contribution in [-0.2, 0) is 7.05 Å². The average molecular weight is 260 g/mol. The average Bonchev–Trinajstić information content (AvgIpc) is 2.62. The van der Waals surface area contributed by atoms with Crippen LogP contribution in [0.1, 0.15) is 23.1 Å². The molecule has 0 bridgehead atoms. The van der Waals surface area contributed by atoms with E-state index in [0.29, 0.717) is 12.2 Å². The highest BCUT2D eigenvalue weighted by atomic mass is 16.3. The Hall–Kier alpha value is -2.01. The van der Waals surface area contributed by atoms with Gasteiger partial charge in [0.25, 0.3) is 0 Å². The molecule has 5 nitrogen and oxygen atoms in total. The molecule has 1 aromatic heterocycles. The Morgan fingerprint density at radius 2 is 1.95 bits per heavy atom. The molecule has 19 heavy (non-hydrogen) atoms. The van der Waals surface area contributed by atoms with Crippen molar-refractivity contribution in [3.63, 3.8) is 0 Å². The van der Waals surface area contributed by atoms with Crippen LogP contribution in [0, 0.1) is 13.8 Å². The van der Waals surface area contributed by atoms with Crippen molar-refractivity contribution < 1.29 is 5.11 Å². The third-order valence-electron chi connectivity index (χ3n) is 3.30. The Morgan fingerprint density at radius 3 is 2.47 bits per heavy atom. The van der Waals surface area contributed by atoms with E-state index in [4.69, 9.17) is 5.73 Å². The van der Waals surface area contributed by atoms with Crippen LogP contribution < -0.4 is 11.1 Å². The summed E-state index contributed by atoms with van der Waals surface area (Å²) in [6.07, 6.45) is -0.570. The molecule has 0 aliphatic carbocycles. The second-order valence-electron chi connectivity index (χ2n) is 4.73. The van der Waals surface area contributed by atoms with Gasteiger partial charge in [-0.25, -0.2) is 0 Å². The van der Waals surface area contributed by atoms with Gasteiger partial charge >= 0.3 is 0 Å². The minimum Gasteiger partial charge on any atom is -0.399 e. The number of nitrogens with one attached hydrogen (secondary N) is 1. The first-order valence-corrected chi connectivity index (χ1v) is 6.26. The van der Waals surface area contributed by atoms with Crippen LogP contribution in [0.2, 0.25) is 0 Å². The predicted octanol–water partition coefficient (Wildman–Crippen LogP) is 1.76. The summed E-state index contributed by atoms with van der Waals surface area (Å²) in [5.41, 5.74) is 10.1. The molecule has 0 saturated carbocycles. The van der Waals surface area contributed by atoms with Crippen molar-refractivity contribution in [1.29, 1.82) is 0 Å². The quantitative estimate of drug-likeness (QED) is 0.732. The third kappa shape index (κ3) is 2.88. The maximum atomic E-state index is 10.1. The van der Waals surface area contributed by atoms with Gasteiger partial charge in [-0.15, -0.1) is 0 Å². The van der Waals surface area contributed by atoms with Gasteiger partial charge in [-0.05, 0) is 31.5 Å². The van der Waals surface area contributed by atoms with E-state index >= 15 is 0 Å². The van der Waals surface area contributed by atoms with Crippen molar-refractivity contribution in [2.24, 2.45) is 7.05 Å². The number of anilines is 2. The Morgan fingerprint density at radius 1 is 1.32 bits per heavy atom. The van der Waals surface area contributed by atoms with E-state index in [1.165, 1.54) is 0 Å². The fraction of sp³-hybridized carbons (Fsp3) is 0.357. The number of hydrogen-bond acceptors (Lipinski definition) is 4.